The van der Waals surface area contributed by atoms with Crippen molar-refractivity contribution in [2.24, 2.45) is 5.92 Å². The number of esters is 1. The monoisotopic (exact) mass is 412 g/mol. The van der Waals surface area contributed by atoms with Gasteiger partial charge in [-0.3, -0.25) is 4.79 Å². The molecule has 1 aromatic carbocycles. The van der Waals surface area contributed by atoms with E-state index in [1.54, 1.807) is 24.3 Å². The highest BCUT2D eigenvalue weighted by atomic mass is 16.5. The number of amides is 1. The molecule has 7 heteroatoms. The first-order valence-corrected chi connectivity index (χ1v) is 10.4. The first-order chi connectivity index (χ1) is 14.6. The van der Waals surface area contributed by atoms with Gasteiger partial charge in [0.25, 0.3) is 5.91 Å². The molecule has 1 aromatic rings. The van der Waals surface area contributed by atoms with Crippen molar-refractivity contribution in [3.63, 3.8) is 0 Å². The lowest BCUT2D eigenvalue weighted by atomic mass is 9.78. The Morgan fingerprint density at radius 3 is 2.80 bits per heavy atom. The zero-order valence-electron chi connectivity index (χ0n) is 17.3. The Morgan fingerprint density at radius 1 is 1.20 bits per heavy atom. The van der Waals surface area contributed by atoms with Gasteiger partial charge in [0, 0.05) is 18.7 Å². The molecule has 3 rings (SSSR count). The van der Waals surface area contributed by atoms with Crippen molar-refractivity contribution in [1.29, 1.82) is 5.26 Å². The van der Waals surface area contributed by atoms with Crippen LogP contribution in [0.1, 0.15) is 44.1 Å². The normalized spacial score (nSPS) is 20.9. The van der Waals surface area contributed by atoms with Gasteiger partial charge in [0.15, 0.2) is 24.7 Å². The Labute approximate surface area is 177 Å². The molecule has 1 saturated heterocycles. The molecule has 1 amide bonds. The van der Waals surface area contributed by atoms with E-state index in [-0.39, 0.29) is 19.1 Å². The van der Waals surface area contributed by atoms with Crippen molar-refractivity contribution in [2.75, 3.05) is 26.9 Å². The maximum atomic E-state index is 12.6. The fraction of sp³-hybridized carbons (Fsp3) is 0.522. The molecule has 0 unspecified atom stereocenters. The van der Waals surface area contributed by atoms with E-state index in [0.717, 1.165) is 25.8 Å². The van der Waals surface area contributed by atoms with Gasteiger partial charge < -0.3 is 19.1 Å². The van der Waals surface area contributed by atoms with E-state index in [9.17, 15) is 9.59 Å². The molecule has 2 aliphatic rings. The molecular weight excluding hydrogens is 384 g/mol. The van der Waals surface area contributed by atoms with Crippen LogP contribution in [0.3, 0.4) is 0 Å². The summed E-state index contributed by atoms with van der Waals surface area (Å²) in [5, 5.41) is 8.62. The fourth-order valence-corrected chi connectivity index (χ4v) is 4.38. The van der Waals surface area contributed by atoms with Crippen molar-refractivity contribution in [3.05, 3.63) is 29.8 Å². The lowest BCUT2D eigenvalue weighted by Crippen LogP contribution is -2.50. The minimum absolute atomic E-state index is 0.0788. The summed E-state index contributed by atoms with van der Waals surface area (Å²) in [6, 6.07) is 7.31. The topological polar surface area (TPSA) is 88.9 Å². The average Bonchev–Trinajstić information content (AvgIpc) is 2.79. The van der Waals surface area contributed by atoms with Gasteiger partial charge in [-0.25, -0.2) is 4.79 Å². The number of carbonyl (C=O) groups is 2. The average molecular weight is 412 g/mol. The molecule has 0 radical (unpaired) electrons. The third-order valence-corrected chi connectivity index (χ3v) is 5.79. The smallest absolute Gasteiger partial charge is 0.331 e. The van der Waals surface area contributed by atoms with E-state index in [1.807, 2.05) is 11.0 Å². The number of ether oxygens (including phenoxy) is 3. The van der Waals surface area contributed by atoms with Crippen LogP contribution >= 0.6 is 0 Å². The number of nitrogens with zero attached hydrogens (tertiary/aromatic N) is 2. The van der Waals surface area contributed by atoms with Crippen LogP contribution in [0.25, 0.3) is 6.08 Å². The molecule has 160 valence electrons. The first-order valence-electron chi connectivity index (χ1n) is 10.4. The summed E-state index contributed by atoms with van der Waals surface area (Å²) in [6.45, 7) is 0.453. The van der Waals surface area contributed by atoms with Crippen molar-refractivity contribution >= 4 is 18.0 Å². The SMILES string of the molecule is COc1cc(/C=C/C(=O)OCC(=O)N2CCC[C@H]3CCCC[C@@H]32)ccc1OCC#N. The standard InChI is InChI=1S/C23H28N2O5/c1-28-21-15-17(8-10-20(21)29-14-12-24)9-11-23(27)30-16-22(26)25-13-4-6-18-5-2-3-7-19(18)25/h8-11,15,18-19H,2-7,13-14,16H2,1H3/b11-9+/t18-,19+/m1/s1. The minimum atomic E-state index is -0.565. The molecular formula is C23H28N2O5. The summed E-state index contributed by atoms with van der Waals surface area (Å²) >= 11 is 0. The van der Waals surface area contributed by atoms with Crippen LogP contribution in [-0.4, -0.2) is 49.7 Å². The maximum absolute atomic E-state index is 12.6. The van der Waals surface area contributed by atoms with E-state index in [1.165, 1.54) is 32.4 Å². The van der Waals surface area contributed by atoms with Crippen LogP contribution in [0, 0.1) is 17.2 Å². The molecule has 2 fully saturated rings. The van der Waals surface area contributed by atoms with Gasteiger partial charge in [0.2, 0.25) is 0 Å². The summed E-state index contributed by atoms with van der Waals surface area (Å²) in [7, 11) is 1.50. The highest BCUT2D eigenvalue weighted by Gasteiger charge is 2.35. The summed E-state index contributed by atoms with van der Waals surface area (Å²) in [5.74, 6) is 0.843. The lowest BCUT2D eigenvalue weighted by molar-refractivity contribution is -0.151. The van der Waals surface area contributed by atoms with E-state index in [4.69, 9.17) is 19.5 Å². The van der Waals surface area contributed by atoms with Gasteiger partial charge in [-0.1, -0.05) is 18.9 Å². The zero-order valence-corrected chi connectivity index (χ0v) is 17.3. The summed E-state index contributed by atoms with van der Waals surface area (Å²) < 4.78 is 15.7. The molecule has 1 heterocycles. The van der Waals surface area contributed by atoms with Gasteiger partial charge in [-0.2, -0.15) is 5.26 Å². The van der Waals surface area contributed by atoms with Crippen LogP contribution < -0.4 is 9.47 Å². The fourth-order valence-electron chi connectivity index (χ4n) is 4.38. The van der Waals surface area contributed by atoms with Crippen molar-refractivity contribution in [2.45, 2.75) is 44.6 Å². The number of methoxy groups -OCH3 is 1. The van der Waals surface area contributed by atoms with Crippen LogP contribution in [-0.2, 0) is 14.3 Å². The molecule has 0 aromatic heterocycles. The number of hydrogen-bond donors (Lipinski definition) is 0. The predicted octanol–water partition coefficient (Wildman–Crippen LogP) is 3.34. The van der Waals surface area contributed by atoms with E-state index >= 15 is 0 Å². The van der Waals surface area contributed by atoms with Crippen LogP contribution in [0.4, 0.5) is 0 Å². The Balaban J connectivity index is 1.52. The molecule has 1 saturated carbocycles. The molecule has 0 spiro atoms. The maximum Gasteiger partial charge on any atom is 0.331 e. The van der Waals surface area contributed by atoms with Gasteiger partial charge in [0.1, 0.15) is 6.07 Å². The van der Waals surface area contributed by atoms with Crippen LogP contribution in [0.2, 0.25) is 0 Å². The molecule has 30 heavy (non-hydrogen) atoms. The molecule has 1 aliphatic heterocycles. The second kappa shape index (κ2) is 10.7. The molecule has 2 atom stereocenters. The molecule has 0 bridgehead atoms. The van der Waals surface area contributed by atoms with Gasteiger partial charge in [0.05, 0.1) is 7.11 Å². The van der Waals surface area contributed by atoms with E-state index in [0.29, 0.717) is 29.0 Å². The zero-order chi connectivity index (χ0) is 21.3. The minimum Gasteiger partial charge on any atom is -0.493 e. The van der Waals surface area contributed by atoms with Gasteiger partial charge >= 0.3 is 5.97 Å². The van der Waals surface area contributed by atoms with E-state index < -0.39 is 5.97 Å². The van der Waals surface area contributed by atoms with Crippen LogP contribution in [0.15, 0.2) is 24.3 Å². The van der Waals surface area contributed by atoms with Crippen molar-refractivity contribution in [3.8, 4) is 17.6 Å². The highest BCUT2D eigenvalue weighted by molar-refractivity contribution is 5.89. The Kier molecular flexibility index (Phi) is 7.72. The van der Waals surface area contributed by atoms with Gasteiger partial charge in [-0.15, -0.1) is 0 Å². The largest absolute Gasteiger partial charge is 0.493 e. The van der Waals surface area contributed by atoms with E-state index in [2.05, 4.69) is 0 Å². The van der Waals surface area contributed by atoms with Crippen LogP contribution in [0.5, 0.6) is 11.5 Å². The third-order valence-electron chi connectivity index (χ3n) is 5.79. The second-order valence-corrected chi connectivity index (χ2v) is 7.64. The number of nitriles is 1. The Bertz CT molecular complexity index is 827. The lowest BCUT2D eigenvalue weighted by Gasteiger charge is -2.44. The number of benzene rings is 1. The molecule has 1 aliphatic carbocycles. The quantitative estimate of drug-likeness (QED) is 0.504. The number of rotatable bonds is 7. The Morgan fingerprint density at radius 2 is 2.00 bits per heavy atom. The summed E-state index contributed by atoms with van der Waals surface area (Å²) in [4.78, 5) is 26.6. The van der Waals surface area contributed by atoms with Gasteiger partial charge in [-0.05, 0) is 55.4 Å². The molecule has 7 nitrogen and oxygen atoms in total. The number of likely N-dealkylation sites (tertiary alicyclic amines) is 1. The number of piperidine rings is 1. The van der Waals surface area contributed by atoms with Crippen molar-refractivity contribution in [1.82, 2.24) is 4.90 Å². The number of hydrogen-bond acceptors (Lipinski definition) is 6. The summed E-state index contributed by atoms with van der Waals surface area (Å²) in [5.41, 5.74) is 0.709. The first kappa shape index (κ1) is 21.7. The second-order valence-electron chi connectivity index (χ2n) is 7.64. The predicted molar refractivity (Wildman–Crippen MR) is 111 cm³/mol. The number of fused-ring (bicyclic) bond motifs is 1. The van der Waals surface area contributed by atoms with Crippen molar-refractivity contribution < 1.29 is 23.8 Å². The number of carbonyl (C=O) groups excluding carboxylic acids is 2. The summed E-state index contributed by atoms with van der Waals surface area (Å²) in [6.07, 6.45) is 9.76. The Hall–Kier alpha value is -3.01. The highest BCUT2D eigenvalue weighted by Crippen LogP contribution is 2.35. The third kappa shape index (κ3) is 5.53. The molecule has 0 N–H and O–H groups in total.